The minimum absolute atomic E-state index is 0.100. The topological polar surface area (TPSA) is 116 Å². The lowest BCUT2D eigenvalue weighted by molar-refractivity contribution is 0.0164. The van der Waals surface area contributed by atoms with Crippen LogP contribution in [-0.2, 0) is 9.47 Å². The van der Waals surface area contributed by atoms with Crippen molar-refractivity contribution in [2.24, 2.45) is 11.8 Å². The first-order valence-corrected chi connectivity index (χ1v) is 17.6. The lowest BCUT2D eigenvalue weighted by Crippen LogP contribution is -2.38. The van der Waals surface area contributed by atoms with Gasteiger partial charge in [0, 0.05) is 17.6 Å². The number of halogens is 1. The van der Waals surface area contributed by atoms with Crippen molar-refractivity contribution < 1.29 is 19.1 Å². The molecule has 11 heteroatoms. The first kappa shape index (κ1) is 31.9. The van der Waals surface area contributed by atoms with Gasteiger partial charge in [-0.2, -0.15) is 0 Å². The van der Waals surface area contributed by atoms with Crippen LogP contribution in [0, 0.1) is 11.8 Å². The summed E-state index contributed by atoms with van der Waals surface area (Å²) in [5.74, 6) is 2.51. The van der Waals surface area contributed by atoms with Gasteiger partial charge in [0.1, 0.15) is 33.7 Å². The number of piperidine rings is 2. The number of imidazole rings is 2. The van der Waals surface area contributed by atoms with Gasteiger partial charge in [-0.25, -0.2) is 19.6 Å². The Hall–Kier alpha value is -4.31. The van der Waals surface area contributed by atoms with Crippen LogP contribution < -0.4 is 0 Å². The van der Waals surface area contributed by atoms with Crippen molar-refractivity contribution in [3.05, 3.63) is 71.5 Å². The minimum atomic E-state index is -0.562. The van der Waals surface area contributed by atoms with Gasteiger partial charge in [0.2, 0.25) is 0 Å². The summed E-state index contributed by atoms with van der Waals surface area (Å²) in [6.45, 7) is 11.4. The lowest BCUT2D eigenvalue weighted by atomic mass is 10.0. The zero-order chi connectivity index (χ0) is 34.4. The van der Waals surface area contributed by atoms with Crippen LogP contribution in [0.4, 0.5) is 9.59 Å². The molecule has 49 heavy (non-hydrogen) atoms. The minimum Gasteiger partial charge on any atom is -0.444 e. The Morgan fingerprint density at radius 1 is 0.694 bits per heavy atom. The Bertz CT molecular complexity index is 1900. The molecular weight excluding hydrogens is 640 g/mol. The first-order valence-electron chi connectivity index (χ1n) is 17.3. The number of aromatic amines is 2. The number of fused-ring (bicyclic) bond motifs is 2. The van der Waals surface area contributed by atoms with Crippen LogP contribution in [-0.4, -0.2) is 65.2 Å². The zero-order valence-corrected chi connectivity index (χ0v) is 29.5. The highest BCUT2D eigenvalue weighted by atomic mass is 35.5. The molecule has 2 aromatic heterocycles. The van der Waals surface area contributed by atoms with Crippen LogP contribution in [0.15, 0.2) is 54.7 Å². The molecule has 2 aliphatic heterocycles. The van der Waals surface area contributed by atoms with E-state index in [1.165, 1.54) is 0 Å². The molecule has 4 aliphatic rings. The predicted molar refractivity (Wildman–Crippen MR) is 187 cm³/mol. The number of hydrogen-bond acceptors (Lipinski definition) is 6. The smallest absolute Gasteiger partial charge is 0.411 e. The van der Waals surface area contributed by atoms with E-state index < -0.39 is 11.2 Å². The summed E-state index contributed by atoms with van der Waals surface area (Å²) in [6.07, 6.45) is 5.10. The molecule has 2 saturated carbocycles. The second-order valence-electron chi connectivity index (χ2n) is 16.0. The van der Waals surface area contributed by atoms with Gasteiger partial charge in [0.05, 0.1) is 24.0 Å². The molecule has 2 saturated heterocycles. The number of hydrogen-bond donors (Lipinski definition) is 2. The number of ether oxygens (including phenoxy) is 2. The summed E-state index contributed by atoms with van der Waals surface area (Å²) in [7, 11) is 0. The molecule has 2 aliphatic carbocycles. The summed E-state index contributed by atoms with van der Waals surface area (Å²) in [5.41, 5.74) is 4.54. The Morgan fingerprint density at radius 2 is 1.16 bits per heavy atom. The van der Waals surface area contributed by atoms with Gasteiger partial charge in [0.15, 0.2) is 0 Å². The number of likely N-dealkylation sites (tertiary alicyclic amines) is 2. The number of carbonyl (C=O) groups excluding carboxylic acids is 2. The molecule has 10 nitrogen and oxygen atoms in total. The highest BCUT2D eigenvalue weighted by Gasteiger charge is 2.57. The van der Waals surface area contributed by atoms with Crippen molar-refractivity contribution in [1.82, 2.24) is 29.7 Å². The summed E-state index contributed by atoms with van der Waals surface area (Å²) in [6, 6.07) is 16.7. The van der Waals surface area contributed by atoms with Gasteiger partial charge in [0.25, 0.3) is 0 Å². The molecule has 0 bridgehead atoms. The van der Waals surface area contributed by atoms with E-state index in [1.807, 2.05) is 69.7 Å². The molecule has 4 fully saturated rings. The van der Waals surface area contributed by atoms with Crippen LogP contribution in [0.3, 0.4) is 0 Å². The maximum atomic E-state index is 13.1. The van der Waals surface area contributed by atoms with Crippen molar-refractivity contribution in [2.75, 3.05) is 0 Å². The second-order valence-corrected chi connectivity index (χ2v) is 16.4. The number of nitrogens with one attached hydrogen (secondary N) is 2. The number of H-pyrrole nitrogens is 2. The molecule has 2 aromatic carbocycles. The molecule has 4 unspecified atom stereocenters. The second kappa shape index (κ2) is 11.4. The number of carbonyl (C=O) groups is 2. The van der Waals surface area contributed by atoms with E-state index in [2.05, 4.69) is 46.4 Å². The molecule has 0 radical (unpaired) electrons. The maximum absolute atomic E-state index is 13.1. The largest absolute Gasteiger partial charge is 0.444 e. The number of aromatic nitrogens is 4. The van der Waals surface area contributed by atoms with Crippen LogP contribution >= 0.6 is 11.6 Å². The summed E-state index contributed by atoms with van der Waals surface area (Å²) in [4.78, 5) is 46.1. The zero-order valence-electron chi connectivity index (χ0n) is 28.8. The molecule has 2 amide bonds. The van der Waals surface area contributed by atoms with E-state index in [0.29, 0.717) is 28.5 Å². The van der Waals surface area contributed by atoms with E-state index in [9.17, 15) is 9.59 Å². The Balaban J connectivity index is 0.952. The molecule has 8 rings (SSSR count). The number of amides is 2. The monoisotopic (exact) mass is 682 g/mol. The summed E-state index contributed by atoms with van der Waals surface area (Å²) in [5, 5.41) is 0.458. The van der Waals surface area contributed by atoms with E-state index in [0.717, 1.165) is 59.5 Å². The first-order chi connectivity index (χ1) is 23.2. The molecule has 256 valence electrons. The van der Waals surface area contributed by atoms with Crippen molar-refractivity contribution in [3.63, 3.8) is 0 Å². The van der Waals surface area contributed by atoms with Crippen molar-refractivity contribution >= 4 is 23.8 Å². The molecule has 2 N–H and O–H groups in total. The average Bonchev–Trinajstić information content (AvgIpc) is 3.67. The number of benzene rings is 2. The average molecular weight is 683 g/mol. The molecule has 4 heterocycles. The molecule has 0 spiro atoms. The highest BCUT2D eigenvalue weighted by Crippen LogP contribution is 2.54. The van der Waals surface area contributed by atoms with Gasteiger partial charge in [-0.05, 0) is 95.8 Å². The van der Waals surface area contributed by atoms with Gasteiger partial charge in [-0.15, -0.1) is 0 Å². The SMILES string of the molecule is CC(C)(C)OC(=O)N1C2CC2C[C@H]1c1ncc(-c2ccc(-c3ccc(-c4nc([C@@H]5CC6CC6N5C(=O)OC(C)(C)C)[nH]c4Cl)cc3)cc2)[nH]1. The van der Waals surface area contributed by atoms with Crippen LogP contribution in [0.25, 0.3) is 33.6 Å². The number of nitrogens with zero attached hydrogens (tertiary/aromatic N) is 4. The third-order valence-electron chi connectivity index (χ3n) is 10.0. The highest BCUT2D eigenvalue weighted by molar-refractivity contribution is 6.31. The predicted octanol–water partition coefficient (Wildman–Crippen LogP) is 8.93. The van der Waals surface area contributed by atoms with Gasteiger partial charge >= 0.3 is 12.2 Å². The summed E-state index contributed by atoms with van der Waals surface area (Å²) >= 11 is 6.69. The third kappa shape index (κ3) is 6.20. The van der Waals surface area contributed by atoms with E-state index >= 15 is 0 Å². The van der Waals surface area contributed by atoms with E-state index in [4.69, 9.17) is 31.0 Å². The third-order valence-corrected chi connectivity index (χ3v) is 10.3. The molecule has 4 aromatic rings. The standard InChI is InChI=1S/C38H43ClN6O4/c1-37(2,3)48-35(46)44-27-15-24(27)17-29(44)33-40-19-26(41-33)22-11-7-20(8-12-22)21-9-13-23(14-10-21)31-32(39)43-34(42-31)30-18-25-16-28(25)45(30)36(47)49-38(4,5)6/h7-14,19,24-25,27-30H,15-18H2,1-6H3,(H,40,41)(H,42,43)/t24?,25?,27?,28?,29-,30-/m0/s1. The fraction of sp³-hybridized carbons (Fsp3) is 0.474. The normalized spacial score (nSPS) is 25.6. The van der Waals surface area contributed by atoms with Gasteiger partial charge < -0.3 is 19.4 Å². The van der Waals surface area contributed by atoms with E-state index in [1.54, 1.807) is 0 Å². The van der Waals surface area contributed by atoms with Crippen molar-refractivity contribution in [3.8, 4) is 33.6 Å². The van der Waals surface area contributed by atoms with Crippen molar-refractivity contribution in [2.45, 2.75) is 103 Å². The molecule has 6 atom stereocenters. The van der Waals surface area contributed by atoms with Crippen LogP contribution in [0.1, 0.15) is 91.0 Å². The quantitative estimate of drug-likeness (QED) is 0.217. The Morgan fingerprint density at radius 3 is 1.67 bits per heavy atom. The lowest BCUT2D eigenvalue weighted by Gasteiger charge is -2.29. The Labute approximate surface area is 291 Å². The Kier molecular flexibility index (Phi) is 7.41. The van der Waals surface area contributed by atoms with Crippen LogP contribution in [0.2, 0.25) is 5.15 Å². The number of rotatable bonds is 5. The summed E-state index contributed by atoms with van der Waals surface area (Å²) < 4.78 is 11.4. The van der Waals surface area contributed by atoms with Gasteiger partial charge in [-0.1, -0.05) is 60.1 Å². The fourth-order valence-electron chi connectivity index (χ4n) is 7.59. The van der Waals surface area contributed by atoms with Crippen molar-refractivity contribution in [1.29, 1.82) is 0 Å². The maximum Gasteiger partial charge on any atom is 0.411 e. The fourth-order valence-corrected chi connectivity index (χ4v) is 7.84. The van der Waals surface area contributed by atoms with Crippen LogP contribution in [0.5, 0.6) is 0 Å². The molecular formula is C38H43ClN6O4. The van der Waals surface area contributed by atoms with E-state index in [-0.39, 0.29) is 36.4 Å². The van der Waals surface area contributed by atoms with Gasteiger partial charge in [-0.3, -0.25) is 9.80 Å².